The number of sulfone groups is 1. The lowest BCUT2D eigenvalue weighted by atomic mass is 10.2. The lowest BCUT2D eigenvalue weighted by molar-refractivity contribution is -0.116. The van der Waals surface area contributed by atoms with E-state index in [1.165, 1.54) is 35.2 Å². The zero-order valence-electron chi connectivity index (χ0n) is 16.8. The largest absolute Gasteiger partial charge is 0.325 e. The molecule has 0 saturated carbocycles. The fourth-order valence-electron chi connectivity index (χ4n) is 3.47. The Kier molecular flexibility index (Phi) is 5.84. The normalized spacial score (nSPS) is 17.9. The van der Waals surface area contributed by atoms with Crippen molar-refractivity contribution < 1.29 is 21.6 Å². The number of hydrogen-bond acceptors (Lipinski definition) is 7. The van der Waals surface area contributed by atoms with Gasteiger partial charge in [-0.05, 0) is 42.8 Å². The third-order valence-electron chi connectivity index (χ3n) is 5.05. The SMILES string of the molecule is O=C(Cn1cnc2ccccc2c1=O)Nc1ccc(S(=O)(=O)N[C@H]2CCS(=O)(=O)C2)cc1. The molecule has 3 aromatic rings. The maximum absolute atomic E-state index is 12.5. The summed E-state index contributed by atoms with van der Waals surface area (Å²) in [6, 6.07) is 11.6. The highest BCUT2D eigenvalue weighted by Gasteiger charge is 2.31. The average Bonchev–Trinajstić information content (AvgIpc) is 3.08. The minimum Gasteiger partial charge on any atom is -0.325 e. The first-order valence-corrected chi connectivity index (χ1v) is 13.0. The number of carbonyl (C=O) groups is 1. The van der Waals surface area contributed by atoms with Crippen molar-refractivity contribution in [1.29, 1.82) is 0 Å². The van der Waals surface area contributed by atoms with E-state index >= 15 is 0 Å². The van der Waals surface area contributed by atoms with Gasteiger partial charge in [0, 0.05) is 11.7 Å². The van der Waals surface area contributed by atoms with Crippen molar-refractivity contribution in [2.24, 2.45) is 0 Å². The zero-order valence-corrected chi connectivity index (χ0v) is 18.4. The molecule has 1 atom stereocenters. The summed E-state index contributed by atoms with van der Waals surface area (Å²) in [4.78, 5) is 29.0. The molecule has 4 rings (SSSR count). The standard InChI is InChI=1S/C20H20N4O6S2/c25-19(11-24-13-21-18-4-2-1-3-17(18)20(24)26)22-14-5-7-16(8-6-14)32(29,30)23-15-9-10-31(27,28)12-15/h1-8,13,15,23H,9-12H2,(H,22,25)/t15-/m0/s1. The fourth-order valence-corrected chi connectivity index (χ4v) is 6.52. The molecular weight excluding hydrogens is 456 g/mol. The Hall–Kier alpha value is -3.09. The summed E-state index contributed by atoms with van der Waals surface area (Å²) in [6.07, 6.45) is 1.54. The van der Waals surface area contributed by atoms with Gasteiger partial charge in [-0.15, -0.1) is 0 Å². The Morgan fingerprint density at radius 1 is 1.12 bits per heavy atom. The van der Waals surface area contributed by atoms with Crippen LogP contribution >= 0.6 is 0 Å². The molecule has 0 spiro atoms. The Balaban J connectivity index is 1.42. The van der Waals surface area contributed by atoms with Crippen LogP contribution in [0, 0.1) is 0 Å². The van der Waals surface area contributed by atoms with Gasteiger partial charge in [0.2, 0.25) is 15.9 Å². The minimum absolute atomic E-state index is 0.0407. The van der Waals surface area contributed by atoms with E-state index in [9.17, 15) is 26.4 Å². The molecule has 1 aliphatic rings. The molecule has 0 bridgehead atoms. The molecule has 10 nitrogen and oxygen atoms in total. The van der Waals surface area contributed by atoms with Gasteiger partial charge in [0.25, 0.3) is 5.56 Å². The highest BCUT2D eigenvalue weighted by molar-refractivity contribution is 7.92. The molecule has 1 aromatic heterocycles. The summed E-state index contributed by atoms with van der Waals surface area (Å²) in [5.41, 5.74) is 0.543. The van der Waals surface area contributed by atoms with Crippen LogP contribution in [0.2, 0.25) is 0 Å². The lowest BCUT2D eigenvalue weighted by Crippen LogP contribution is -2.35. The van der Waals surface area contributed by atoms with Crippen LogP contribution in [0.15, 0.2) is 64.5 Å². The van der Waals surface area contributed by atoms with E-state index in [0.29, 0.717) is 16.6 Å². The van der Waals surface area contributed by atoms with Gasteiger partial charge in [0.15, 0.2) is 9.84 Å². The summed E-state index contributed by atoms with van der Waals surface area (Å²) in [6.45, 7) is -0.256. The predicted molar refractivity (Wildman–Crippen MR) is 118 cm³/mol. The van der Waals surface area contributed by atoms with Gasteiger partial charge in [-0.1, -0.05) is 12.1 Å². The van der Waals surface area contributed by atoms with Gasteiger partial charge in [-0.3, -0.25) is 14.2 Å². The first-order chi connectivity index (χ1) is 15.1. The molecule has 168 valence electrons. The van der Waals surface area contributed by atoms with Crippen molar-refractivity contribution in [2.75, 3.05) is 16.8 Å². The molecule has 1 saturated heterocycles. The van der Waals surface area contributed by atoms with Crippen molar-refractivity contribution in [3.63, 3.8) is 0 Å². The van der Waals surface area contributed by atoms with Crippen molar-refractivity contribution in [1.82, 2.24) is 14.3 Å². The highest BCUT2D eigenvalue weighted by atomic mass is 32.2. The van der Waals surface area contributed by atoms with Crippen LogP contribution < -0.4 is 15.6 Å². The van der Waals surface area contributed by atoms with E-state index in [1.807, 2.05) is 0 Å². The van der Waals surface area contributed by atoms with Crippen LogP contribution in [0.4, 0.5) is 5.69 Å². The molecule has 1 amide bonds. The molecule has 1 fully saturated rings. The van der Waals surface area contributed by atoms with E-state index in [-0.39, 0.29) is 34.9 Å². The van der Waals surface area contributed by atoms with E-state index in [0.717, 1.165) is 0 Å². The van der Waals surface area contributed by atoms with Crippen LogP contribution in [-0.4, -0.2) is 49.8 Å². The summed E-state index contributed by atoms with van der Waals surface area (Å²) < 4.78 is 51.6. The molecule has 2 N–H and O–H groups in total. The molecule has 0 unspecified atom stereocenters. The monoisotopic (exact) mass is 476 g/mol. The topological polar surface area (TPSA) is 144 Å². The van der Waals surface area contributed by atoms with Gasteiger partial charge >= 0.3 is 0 Å². The number of aromatic nitrogens is 2. The lowest BCUT2D eigenvalue weighted by Gasteiger charge is -2.12. The third-order valence-corrected chi connectivity index (χ3v) is 8.35. The number of rotatable bonds is 6. The number of amides is 1. The molecule has 32 heavy (non-hydrogen) atoms. The zero-order chi connectivity index (χ0) is 22.9. The van der Waals surface area contributed by atoms with Crippen molar-refractivity contribution >= 4 is 42.4 Å². The van der Waals surface area contributed by atoms with Gasteiger partial charge in [-0.2, -0.15) is 0 Å². The molecule has 1 aliphatic heterocycles. The Bertz CT molecular complexity index is 1450. The Morgan fingerprint density at radius 2 is 1.84 bits per heavy atom. The van der Waals surface area contributed by atoms with Gasteiger partial charge in [0.1, 0.15) is 6.54 Å². The Morgan fingerprint density at radius 3 is 2.53 bits per heavy atom. The number of fused-ring (bicyclic) bond motifs is 1. The van der Waals surface area contributed by atoms with Crippen LogP contribution in [0.5, 0.6) is 0 Å². The quantitative estimate of drug-likeness (QED) is 0.527. The van der Waals surface area contributed by atoms with E-state index in [1.54, 1.807) is 24.3 Å². The summed E-state index contributed by atoms with van der Waals surface area (Å²) >= 11 is 0. The van der Waals surface area contributed by atoms with Crippen molar-refractivity contribution in [3.8, 4) is 0 Å². The second-order valence-corrected chi connectivity index (χ2v) is 11.4. The van der Waals surface area contributed by atoms with E-state index < -0.39 is 31.8 Å². The summed E-state index contributed by atoms with van der Waals surface area (Å²) in [7, 11) is -7.11. The van der Waals surface area contributed by atoms with Gasteiger partial charge in [-0.25, -0.2) is 26.5 Å². The van der Waals surface area contributed by atoms with Crippen LogP contribution in [0.1, 0.15) is 6.42 Å². The van der Waals surface area contributed by atoms with Crippen molar-refractivity contribution in [2.45, 2.75) is 23.9 Å². The van der Waals surface area contributed by atoms with Crippen LogP contribution in [0.25, 0.3) is 10.9 Å². The predicted octanol–water partition coefficient (Wildman–Crippen LogP) is 0.501. The number of sulfonamides is 1. The first-order valence-electron chi connectivity index (χ1n) is 9.70. The molecular formula is C20H20N4O6S2. The second kappa shape index (κ2) is 8.45. The van der Waals surface area contributed by atoms with Crippen molar-refractivity contribution in [3.05, 3.63) is 65.2 Å². The number of nitrogens with zero attached hydrogens (tertiary/aromatic N) is 2. The maximum atomic E-state index is 12.5. The van der Waals surface area contributed by atoms with E-state index in [4.69, 9.17) is 0 Å². The smallest absolute Gasteiger partial charge is 0.261 e. The fraction of sp³-hybridized carbons (Fsp3) is 0.250. The molecule has 0 radical (unpaired) electrons. The van der Waals surface area contributed by atoms with Gasteiger partial charge < -0.3 is 5.32 Å². The molecule has 2 heterocycles. The minimum atomic E-state index is -3.89. The third kappa shape index (κ3) is 4.87. The first kappa shape index (κ1) is 22.1. The Labute approximate surface area is 184 Å². The van der Waals surface area contributed by atoms with Crippen LogP contribution in [-0.2, 0) is 31.2 Å². The second-order valence-electron chi connectivity index (χ2n) is 7.49. The number of carbonyl (C=O) groups excluding carboxylic acids is 1. The molecule has 2 aromatic carbocycles. The highest BCUT2D eigenvalue weighted by Crippen LogP contribution is 2.18. The average molecular weight is 477 g/mol. The number of hydrogen-bond donors (Lipinski definition) is 2. The summed E-state index contributed by atoms with van der Waals surface area (Å²) in [5, 5.41) is 3.01. The number of anilines is 1. The van der Waals surface area contributed by atoms with Gasteiger partial charge in [0.05, 0.1) is 33.6 Å². The number of para-hydroxylation sites is 1. The summed E-state index contributed by atoms with van der Waals surface area (Å²) in [5.74, 6) is -0.737. The molecule has 12 heteroatoms. The number of nitrogens with one attached hydrogen (secondary N) is 2. The van der Waals surface area contributed by atoms with Crippen LogP contribution in [0.3, 0.4) is 0 Å². The number of benzene rings is 2. The molecule has 0 aliphatic carbocycles. The van der Waals surface area contributed by atoms with E-state index in [2.05, 4.69) is 15.0 Å². The maximum Gasteiger partial charge on any atom is 0.261 e.